The molecule has 1 fully saturated rings. The second kappa shape index (κ2) is 2.80. The first-order valence-electron chi connectivity index (χ1n) is 4.11. The molecule has 0 aromatic carbocycles. The van der Waals surface area contributed by atoms with Crippen molar-refractivity contribution in [1.29, 1.82) is 0 Å². The molecule has 4 heteroatoms. The summed E-state index contributed by atoms with van der Waals surface area (Å²) in [6.07, 6.45) is 2.70. The van der Waals surface area contributed by atoms with Crippen LogP contribution in [0.5, 0.6) is 0 Å². The fourth-order valence-corrected chi connectivity index (χ4v) is 2.06. The van der Waals surface area contributed by atoms with Crippen LogP contribution in [0.25, 0.3) is 0 Å². The fraction of sp³-hybridized carbons (Fsp3) is 0.625. The van der Waals surface area contributed by atoms with Crippen LogP contribution in [-0.2, 0) is 0 Å². The molecule has 1 saturated carbocycles. The van der Waals surface area contributed by atoms with Crippen molar-refractivity contribution >= 4 is 11.5 Å². The first kappa shape index (κ1) is 8.16. The predicted octanol–water partition coefficient (Wildman–Crippen LogP) is 1.06. The Hall–Kier alpha value is -0.450. The fourth-order valence-electron chi connectivity index (χ4n) is 1.51. The van der Waals surface area contributed by atoms with Gasteiger partial charge in [0.1, 0.15) is 0 Å². The Morgan fingerprint density at radius 1 is 1.67 bits per heavy atom. The van der Waals surface area contributed by atoms with E-state index >= 15 is 0 Å². The summed E-state index contributed by atoms with van der Waals surface area (Å²) in [4.78, 5) is 0. The third-order valence-corrected chi connectivity index (χ3v) is 3.15. The maximum Gasteiger partial charge on any atom is 0.0855 e. The average molecular weight is 184 g/mol. The Morgan fingerprint density at radius 2 is 2.42 bits per heavy atom. The van der Waals surface area contributed by atoms with Crippen LogP contribution in [0.2, 0.25) is 0 Å². The normalized spacial score (nSPS) is 23.2. The predicted molar refractivity (Wildman–Crippen MR) is 47.8 cm³/mol. The molecule has 66 valence electrons. The van der Waals surface area contributed by atoms with Crippen LogP contribution < -0.4 is 5.73 Å². The smallest absolute Gasteiger partial charge is 0.0855 e. The largest absolute Gasteiger partial charge is 0.388 e. The average Bonchev–Trinajstić information content (AvgIpc) is 2.50. The third-order valence-electron chi connectivity index (χ3n) is 2.57. The van der Waals surface area contributed by atoms with Crippen molar-refractivity contribution in [2.75, 3.05) is 0 Å². The van der Waals surface area contributed by atoms with E-state index in [1.54, 1.807) is 0 Å². The van der Waals surface area contributed by atoms with E-state index in [2.05, 4.69) is 4.37 Å². The quantitative estimate of drug-likeness (QED) is 0.722. The SMILES string of the molecule is NC(c1ccsn1)C1(O)CCC1. The van der Waals surface area contributed by atoms with Gasteiger partial charge in [-0.25, -0.2) is 0 Å². The molecule has 0 spiro atoms. The summed E-state index contributed by atoms with van der Waals surface area (Å²) in [5.74, 6) is 0. The number of rotatable bonds is 2. The minimum Gasteiger partial charge on any atom is -0.388 e. The highest BCUT2D eigenvalue weighted by molar-refractivity contribution is 7.03. The summed E-state index contributed by atoms with van der Waals surface area (Å²) in [5, 5.41) is 11.8. The van der Waals surface area contributed by atoms with Crippen molar-refractivity contribution in [3.63, 3.8) is 0 Å². The molecule has 0 bridgehead atoms. The van der Waals surface area contributed by atoms with Crippen LogP contribution in [0.1, 0.15) is 31.0 Å². The van der Waals surface area contributed by atoms with Crippen molar-refractivity contribution in [2.24, 2.45) is 5.73 Å². The van der Waals surface area contributed by atoms with Crippen LogP contribution in [0.4, 0.5) is 0 Å². The summed E-state index contributed by atoms with van der Waals surface area (Å²) in [5.41, 5.74) is 6.02. The van der Waals surface area contributed by atoms with Gasteiger partial charge < -0.3 is 10.8 Å². The maximum absolute atomic E-state index is 9.89. The van der Waals surface area contributed by atoms with Crippen molar-refractivity contribution in [3.8, 4) is 0 Å². The molecule has 0 amide bonds. The second-order valence-corrected chi connectivity index (χ2v) is 4.02. The van der Waals surface area contributed by atoms with Crippen LogP contribution in [0.3, 0.4) is 0 Å². The van der Waals surface area contributed by atoms with Gasteiger partial charge in [-0.05, 0) is 36.9 Å². The molecule has 3 nitrogen and oxygen atoms in total. The summed E-state index contributed by atoms with van der Waals surface area (Å²) >= 11 is 1.38. The van der Waals surface area contributed by atoms with Crippen LogP contribution in [0.15, 0.2) is 11.4 Å². The van der Waals surface area contributed by atoms with E-state index < -0.39 is 5.60 Å². The zero-order chi connectivity index (χ0) is 8.60. The number of aliphatic hydroxyl groups is 1. The summed E-state index contributed by atoms with van der Waals surface area (Å²) in [6, 6.07) is 1.59. The zero-order valence-corrected chi connectivity index (χ0v) is 7.55. The van der Waals surface area contributed by atoms with Gasteiger partial charge in [0.2, 0.25) is 0 Å². The van der Waals surface area contributed by atoms with E-state index in [0.717, 1.165) is 25.0 Å². The first-order valence-corrected chi connectivity index (χ1v) is 4.94. The lowest BCUT2D eigenvalue weighted by Gasteiger charge is -2.40. The molecule has 0 radical (unpaired) electrons. The third kappa shape index (κ3) is 1.16. The highest BCUT2D eigenvalue weighted by atomic mass is 32.1. The number of hydrogen-bond acceptors (Lipinski definition) is 4. The Balaban J connectivity index is 2.14. The molecule has 1 aliphatic carbocycles. The van der Waals surface area contributed by atoms with E-state index in [1.807, 2.05) is 11.4 Å². The number of aromatic nitrogens is 1. The van der Waals surface area contributed by atoms with Crippen molar-refractivity contribution < 1.29 is 5.11 Å². The molecule has 1 unspecified atom stereocenters. The lowest BCUT2D eigenvalue weighted by Crippen LogP contribution is -2.47. The highest BCUT2D eigenvalue weighted by Crippen LogP contribution is 2.40. The van der Waals surface area contributed by atoms with Gasteiger partial charge in [0.15, 0.2) is 0 Å². The number of hydrogen-bond donors (Lipinski definition) is 2. The summed E-state index contributed by atoms with van der Waals surface area (Å²) in [7, 11) is 0. The Bertz CT molecular complexity index is 256. The first-order chi connectivity index (χ1) is 5.72. The van der Waals surface area contributed by atoms with Crippen molar-refractivity contribution in [2.45, 2.75) is 30.9 Å². The monoisotopic (exact) mass is 184 g/mol. The lowest BCUT2D eigenvalue weighted by atomic mass is 9.74. The van der Waals surface area contributed by atoms with Gasteiger partial charge in [0.25, 0.3) is 0 Å². The second-order valence-electron chi connectivity index (χ2n) is 3.36. The molecule has 12 heavy (non-hydrogen) atoms. The molecule has 1 aromatic rings. The van der Waals surface area contributed by atoms with Gasteiger partial charge >= 0.3 is 0 Å². The minimum atomic E-state index is -0.673. The lowest BCUT2D eigenvalue weighted by molar-refractivity contribution is -0.0567. The molecule has 1 aromatic heterocycles. The van der Waals surface area contributed by atoms with Gasteiger partial charge in [-0.1, -0.05) is 0 Å². The standard InChI is InChI=1S/C8H12N2OS/c9-7(6-2-5-12-10-6)8(11)3-1-4-8/h2,5,7,11H,1,3-4,9H2. The van der Waals surface area contributed by atoms with Crippen LogP contribution in [-0.4, -0.2) is 15.1 Å². The molecular formula is C8H12N2OS. The Kier molecular flexibility index (Phi) is 1.90. The zero-order valence-electron chi connectivity index (χ0n) is 6.73. The van der Waals surface area contributed by atoms with Gasteiger partial charge in [-0.15, -0.1) is 0 Å². The molecule has 1 atom stereocenters. The molecule has 1 aliphatic rings. The van der Waals surface area contributed by atoms with Crippen LogP contribution in [0, 0.1) is 0 Å². The van der Waals surface area contributed by atoms with E-state index in [1.165, 1.54) is 11.5 Å². The van der Waals surface area contributed by atoms with Crippen molar-refractivity contribution in [3.05, 3.63) is 17.1 Å². The van der Waals surface area contributed by atoms with Gasteiger partial charge in [-0.2, -0.15) is 4.37 Å². The number of nitrogens with zero attached hydrogens (tertiary/aromatic N) is 1. The molecule has 2 rings (SSSR count). The summed E-state index contributed by atoms with van der Waals surface area (Å²) in [6.45, 7) is 0. The summed E-state index contributed by atoms with van der Waals surface area (Å²) < 4.78 is 4.12. The molecule has 0 aliphatic heterocycles. The van der Waals surface area contributed by atoms with E-state index in [0.29, 0.717) is 0 Å². The van der Waals surface area contributed by atoms with Crippen LogP contribution >= 0.6 is 11.5 Å². The topological polar surface area (TPSA) is 59.1 Å². The molecule has 0 saturated heterocycles. The molecular weight excluding hydrogens is 172 g/mol. The Morgan fingerprint density at radius 3 is 2.83 bits per heavy atom. The van der Waals surface area contributed by atoms with E-state index in [4.69, 9.17) is 5.73 Å². The minimum absolute atomic E-state index is 0.294. The van der Waals surface area contributed by atoms with Gasteiger partial charge in [-0.3, -0.25) is 0 Å². The Labute approximate surface area is 75.4 Å². The van der Waals surface area contributed by atoms with Gasteiger partial charge in [0, 0.05) is 5.38 Å². The van der Waals surface area contributed by atoms with Gasteiger partial charge in [0.05, 0.1) is 17.3 Å². The van der Waals surface area contributed by atoms with E-state index in [9.17, 15) is 5.11 Å². The number of nitrogens with two attached hydrogens (primary N) is 1. The van der Waals surface area contributed by atoms with Crippen molar-refractivity contribution in [1.82, 2.24) is 4.37 Å². The molecule has 1 heterocycles. The van der Waals surface area contributed by atoms with E-state index in [-0.39, 0.29) is 6.04 Å². The highest BCUT2D eigenvalue weighted by Gasteiger charge is 2.41. The maximum atomic E-state index is 9.89. The molecule has 3 N–H and O–H groups in total.